The molecule has 1 fully saturated rings. The number of likely N-dealkylation sites (N-methyl/N-ethyl adjacent to an activating group) is 1. The molecule has 2 aromatic heterocycles. The second-order valence-electron chi connectivity index (χ2n) is 13.8. The lowest BCUT2D eigenvalue weighted by Crippen LogP contribution is -2.42. The summed E-state index contributed by atoms with van der Waals surface area (Å²) in [6, 6.07) is 2.97. The van der Waals surface area contributed by atoms with Crippen molar-refractivity contribution in [1.82, 2.24) is 14.9 Å². The fourth-order valence-electron chi connectivity index (χ4n) is 5.47. The predicted molar refractivity (Wildman–Crippen MR) is 175 cm³/mol. The number of hydrogen-bond donors (Lipinski definition) is 2. The van der Waals surface area contributed by atoms with E-state index in [1.54, 1.807) is 60.4 Å². The van der Waals surface area contributed by atoms with Crippen molar-refractivity contribution in [3.8, 4) is 17.0 Å². The molecule has 5 rings (SSSR count). The van der Waals surface area contributed by atoms with Crippen molar-refractivity contribution < 1.29 is 42.1 Å². The van der Waals surface area contributed by atoms with Crippen molar-refractivity contribution in [2.24, 2.45) is 0 Å². The van der Waals surface area contributed by atoms with Crippen LogP contribution in [-0.4, -0.2) is 89.9 Å². The van der Waals surface area contributed by atoms with Crippen molar-refractivity contribution in [3.63, 3.8) is 0 Å². The summed E-state index contributed by atoms with van der Waals surface area (Å²) in [5.41, 5.74) is -0.780. The Bertz CT molecular complexity index is 1760. The van der Waals surface area contributed by atoms with Crippen LogP contribution < -0.4 is 20.3 Å². The van der Waals surface area contributed by atoms with Crippen molar-refractivity contribution in [3.05, 3.63) is 35.9 Å². The average Bonchev–Trinajstić information content (AvgIpc) is 3.28. The Kier molecular flexibility index (Phi) is 9.37. The number of amides is 3. The molecule has 0 spiro atoms. The number of carbonyl (C=O) groups excluding carboxylic acids is 3. The topological polar surface area (TPSA) is 144 Å². The summed E-state index contributed by atoms with van der Waals surface area (Å²) in [5.74, 6) is -0.598. The fourth-order valence-corrected chi connectivity index (χ4v) is 5.47. The molecular weight excluding hydrogens is 630 g/mol. The standard InChI is InChI=1S/C33H40F2N6O7/c1-17-20(13-37-28-27(17)41(9-10-45-28)31(44)48-33(5,6)7)19-11-18-12-24(38-29(42)46-23-16-40(8)15-22(23)34)36-14-21(18)26(25(19)35)39-30(43)47-32(2,3)4/h11-14,22-23H,9-10,15-16H2,1-8H3,(H,39,43)(H,36,38,42)/t22-,23+/m1/s1. The Morgan fingerprint density at radius 1 is 0.958 bits per heavy atom. The summed E-state index contributed by atoms with van der Waals surface area (Å²) in [6.45, 7) is 12.7. The number of likely N-dealkylation sites (tertiary alicyclic amines) is 1. The first kappa shape index (κ1) is 34.5. The molecule has 1 aromatic carbocycles. The molecule has 0 unspecified atom stereocenters. The first-order valence-corrected chi connectivity index (χ1v) is 15.5. The normalized spacial score (nSPS) is 18.2. The minimum Gasteiger partial charge on any atom is -0.474 e. The molecule has 0 radical (unpaired) electrons. The second kappa shape index (κ2) is 13.0. The quantitative estimate of drug-likeness (QED) is 0.298. The molecule has 2 aliphatic heterocycles. The summed E-state index contributed by atoms with van der Waals surface area (Å²) in [4.78, 5) is 50.4. The zero-order valence-electron chi connectivity index (χ0n) is 28.2. The van der Waals surface area contributed by atoms with Crippen LogP contribution in [0.5, 0.6) is 5.88 Å². The maximum Gasteiger partial charge on any atom is 0.415 e. The number of benzene rings is 1. The van der Waals surface area contributed by atoms with Crippen molar-refractivity contribution in [2.45, 2.75) is 71.9 Å². The number of ether oxygens (including phenoxy) is 4. The Labute approximate surface area is 276 Å². The van der Waals surface area contributed by atoms with Gasteiger partial charge in [0.1, 0.15) is 35.4 Å². The summed E-state index contributed by atoms with van der Waals surface area (Å²) in [7, 11) is 1.72. The lowest BCUT2D eigenvalue weighted by atomic mass is 9.96. The largest absolute Gasteiger partial charge is 0.474 e. The molecule has 0 saturated carbocycles. The third-order valence-corrected chi connectivity index (χ3v) is 7.46. The third-order valence-electron chi connectivity index (χ3n) is 7.46. The van der Waals surface area contributed by atoms with Gasteiger partial charge < -0.3 is 18.9 Å². The fraction of sp³-hybridized carbons (Fsp3) is 0.485. The highest BCUT2D eigenvalue weighted by atomic mass is 19.1. The van der Waals surface area contributed by atoms with Crippen LogP contribution >= 0.6 is 0 Å². The molecule has 1 saturated heterocycles. The third kappa shape index (κ3) is 7.67. The van der Waals surface area contributed by atoms with Gasteiger partial charge in [0.05, 0.1) is 12.2 Å². The first-order valence-electron chi connectivity index (χ1n) is 15.5. The van der Waals surface area contributed by atoms with Gasteiger partial charge in [0.15, 0.2) is 12.0 Å². The minimum atomic E-state index is -1.33. The zero-order valence-corrected chi connectivity index (χ0v) is 28.2. The van der Waals surface area contributed by atoms with E-state index in [-0.39, 0.29) is 54.6 Å². The number of hydrogen-bond acceptors (Lipinski definition) is 10. The van der Waals surface area contributed by atoms with Gasteiger partial charge in [-0.2, -0.15) is 0 Å². The predicted octanol–water partition coefficient (Wildman–Crippen LogP) is 6.43. The highest BCUT2D eigenvalue weighted by Gasteiger charge is 2.35. The van der Waals surface area contributed by atoms with Gasteiger partial charge in [-0.1, -0.05) is 0 Å². The first-order chi connectivity index (χ1) is 22.4. The molecule has 258 valence electrons. The highest BCUT2D eigenvalue weighted by molar-refractivity contribution is 6.05. The van der Waals surface area contributed by atoms with E-state index in [1.807, 2.05) is 0 Å². The number of pyridine rings is 2. The number of aromatic nitrogens is 2. The Morgan fingerprint density at radius 2 is 1.67 bits per heavy atom. The molecule has 0 bridgehead atoms. The van der Waals surface area contributed by atoms with Crippen LogP contribution in [0.1, 0.15) is 47.1 Å². The van der Waals surface area contributed by atoms with Gasteiger partial charge >= 0.3 is 18.3 Å². The van der Waals surface area contributed by atoms with Crippen LogP contribution in [0.25, 0.3) is 21.9 Å². The molecule has 4 heterocycles. The lowest BCUT2D eigenvalue weighted by Gasteiger charge is -2.32. The van der Waals surface area contributed by atoms with E-state index in [4.69, 9.17) is 18.9 Å². The number of carbonyl (C=O) groups is 3. The number of nitrogens with zero attached hydrogens (tertiary/aromatic N) is 4. The van der Waals surface area contributed by atoms with E-state index in [0.717, 1.165) is 0 Å². The van der Waals surface area contributed by atoms with Crippen LogP contribution in [-0.2, 0) is 14.2 Å². The van der Waals surface area contributed by atoms with Gasteiger partial charge in [0.2, 0.25) is 5.88 Å². The van der Waals surface area contributed by atoms with E-state index in [1.165, 1.54) is 29.4 Å². The molecule has 15 heteroatoms. The van der Waals surface area contributed by atoms with Crippen LogP contribution in [0, 0.1) is 12.7 Å². The molecule has 13 nitrogen and oxygen atoms in total. The minimum absolute atomic E-state index is 0.0186. The maximum absolute atomic E-state index is 16.6. The molecular formula is C33H40F2N6O7. The highest BCUT2D eigenvalue weighted by Crippen LogP contribution is 2.42. The average molecular weight is 671 g/mol. The van der Waals surface area contributed by atoms with E-state index in [9.17, 15) is 18.8 Å². The Morgan fingerprint density at radius 3 is 2.31 bits per heavy atom. The Hall–Kier alpha value is -4.79. The smallest absolute Gasteiger partial charge is 0.415 e. The molecule has 48 heavy (non-hydrogen) atoms. The number of anilines is 3. The van der Waals surface area contributed by atoms with Gasteiger partial charge in [-0.3, -0.25) is 20.4 Å². The molecule has 2 atom stereocenters. The molecule has 2 N–H and O–H groups in total. The van der Waals surface area contributed by atoms with E-state index in [0.29, 0.717) is 22.2 Å². The maximum atomic E-state index is 16.6. The van der Waals surface area contributed by atoms with Gasteiger partial charge in [0.25, 0.3) is 0 Å². The number of alkyl halides is 1. The number of halogens is 2. The van der Waals surface area contributed by atoms with E-state index in [2.05, 4.69) is 20.6 Å². The number of rotatable bonds is 4. The summed E-state index contributed by atoms with van der Waals surface area (Å²) in [6.07, 6.45) is -2.00. The summed E-state index contributed by atoms with van der Waals surface area (Å²) in [5, 5.41) is 5.57. The van der Waals surface area contributed by atoms with Gasteiger partial charge in [-0.15, -0.1) is 0 Å². The van der Waals surface area contributed by atoms with Crippen LogP contribution in [0.3, 0.4) is 0 Å². The molecule has 2 aliphatic rings. The molecule has 3 amide bonds. The molecule has 0 aliphatic carbocycles. The number of fused-ring (bicyclic) bond motifs is 2. The van der Waals surface area contributed by atoms with Crippen molar-refractivity contribution >= 4 is 46.2 Å². The van der Waals surface area contributed by atoms with Crippen molar-refractivity contribution in [2.75, 3.05) is 48.8 Å². The Balaban J connectivity index is 1.58. The van der Waals surface area contributed by atoms with Crippen LogP contribution in [0.2, 0.25) is 0 Å². The summed E-state index contributed by atoms with van der Waals surface area (Å²) < 4.78 is 52.8. The lowest BCUT2D eigenvalue weighted by molar-refractivity contribution is 0.0564. The van der Waals surface area contributed by atoms with Crippen LogP contribution in [0.15, 0.2) is 24.5 Å². The summed E-state index contributed by atoms with van der Waals surface area (Å²) >= 11 is 0. The monoisotopic (exact) mass is 670 g/mol. The van der Waals surface area contributed by atoms with E-state index >= 15 is 4.39 Å². The van der Waals surface area contributed by atoms with Gasteiger partial charge in [-0.05, 0) is 78.6 Å². The SMILES string of the molecule is Cc1c(-c2cc3cc(NC(=O)O[C@H]4CN(C)C[C@H]4F)ncc3c(NC(=O)OC(C)(C)C)c2F)cnc2c1N(C(=O)OC(C)(C)C)CCO2. The number of nitrogens with one attached hydrogen (secondary N) is 2. The van der Waals surface area contributed by atoms with Gasteiger partial charge in [0, 0.05) is 42.0 Å². The van der Waals surface area contributed by atoms with Crippen molar-refractivity contribution in [1.29, 1.82) is 0 Å². The van der Waals surface area contributed by atoms with Gasteiger partial charge in [-0.25, -0.2) is 33.1 Å². The molecule has 3 aromatic rings. The zero-order chi connectivity index (χ0) is 35.1. The second-order valence-corrected chi connectivity index (χ2v) is 13.8. The van der Waals surface area contributed by atoms with Crippen LogP contribution in [0.4, 0.5) is 40.4 Å². The van der Waals surface area contributed by atoms with E-state index < -0.39 is 47.6 Å².